The van der Waals surface area contributed by atoms with Crippen LogP contribution >= 0.6 is 0 Å². The molecule has 0 atom stereocenters. The molecule has 0 N–H and O–H groups in total. The van der Waals surface area contributed by atoms with E-state index in [4.69, 9.17) is 30.6 Å². The number of aryl methyl sites for hydroxylation is 5. The van der Waals surface area contributed by atoms with Crippen LogP contribution in [0.2, 0.25) is 0 Å². The van der Waals surface area contributed by atoms with Crippen LogP contribution < -0.4 is 4.74 Å². The minimum atomic E-state index is -2.85. The molecular weight excluding hydrogens is 952 g/mol. The molecule has 0 spiro atoms. The van der Waals surface area contributed by atoms with Crippen LogP contribution in [0.15, 0.2) is 108 Å². The SMILES string of the molecule is [2H]C([2H])([2H])c1ccc2c(c1)oc1c(-c3cc(-c4ccc(C5([2H])CC(C)(C)C(C)(C)C(C)(C)C5)cc4C)c(C)cn3)[c-]c(Oc3[c-]c(-c4cc(C([2H])([2H])[2H])c(C([2H])([2H])[2H])cn4)cc(-c4ccccc4)c3C([2H])([2H])[2H])cc12.[Pt+2]. The van der Waals surface area contributed by atoms with E-state index in [9.17, 15) is 1.37 Å². The van der Waals surface area contributed by atoms with Gasteiger partial charge in [0.1, 0.15) is 5.58 Å². The van der Waals surface area contributed by atoms with E-state index in [0.29, 0.717) is 46.0 Å². The van der Waals surface area contributed by atoms with Crippen LogP contribution in [0.4, 0.5) is 0 Å². The predicted molar refractivity (Wildman–Crippen MR) is 257 cm³/mol. The molecule has 1 aliphatic carbocycles. The third-order valence-corrected chi connectivity index (χ3v) is 14.0. The van der Waals surface area contributed by atoms with Crippen LogP contribution in [0.25, 0.3) is 66.7 Å². The number of fused-ring (bicyclic) bond motifs is 3. The first-order valence-electron chi connectivity index (χ1n) is 27.5. The summed E-state index contributed by atoms with van der Waals surface area (Å²) in [6, 6.07) is 32.2. The third kappa shape index (κ3) is 7.88. The van der Waals surface area contributed by atoms with E-state index in [2.05, 4.69) is 76.9 Å². The van der Waals surface area contributed by atoms with Crippen molar-refractivity contribution in [3.63, 3.8) is 0 Å². The second-order valence-electron chi connectivity index (χ2n) is 18.7. The third-order valence-electron chi connectivity index (χ3n) is 14.0. The topological polar surface area (TPSA) is 48.2 Å². The van der Waals surface area contributed by atoms with E-state index in [1.165, 1.54) is 18.2 Å². The molecule has 1 saturated carbocycles. The quantitative estimate of drug-likeness (QED) is 0.149. The second-order valence-corrected chi connectivity index (χ2v) is 18.7. The molecule has 5 aromatic carbocycles. The Balaban J connectivity index is 0.00000765. The summed E-state index contributed by atoms with van der Waals surface area (Å²) in [5.74, 6) is -1.07. The molecule has 9 rings (SSSR count). The summed E-state index contributed by atoms with van der Waals surface area (Å²) < 4.78 is 123. The smallest absolute Gasteiger partial charge is 0.501 e. The minimum Gasteiger partial charge on any atom is -0.501 e. The van der Waals surface area contributed by atoms with Gasteiger partial charge >= 0.3 is 21.1 Å². The molecule has 63 heavy (non-hydrogen) atoms. The average molecular weight is 1020 g/mol. The Labute approximate surface area is 407 Å². The first-order valence-corrected chi connectivity index (χ1v) is 21.0. The average Bonchev–Trinajstić information content (AvgIpc) is 3.67. The molecule has 3 aromatic heterocycles. The number of hydrogen-bond donors (Lipinski definition) is 0. The Morgan fingerprint density at radius 2 is 1.43 bits per heavy atom. The van der Waals surface area contributed by atoms with Gasteiger partial charge < -0.3 is 19.1 Å². The maximum Gasteiger partial charge on any atom is 2.00 e. The Morgan fingerprint density at radius 3 is 2.14 bits per heavy atom. The van der Waals surface area contributed by atoms with Gasteiger partial charge in [0.25, 0.3) is 0 Å². The summed E-state index contributed by atoms with van der Waals surface area (Å²) in [5.41, 5.74) is 5.44. The molecule has 322 valence electrons. The molecule has 0 saturated heterocycles. The fourth-order valence-corrected chi connectivity index (χ4v) is 9.19. The summed E-state index contributed by atoms with van der Waals surface area (Å²) in [5, 5.41) is 1.02. The normalized spacial score (nSPS) is 20.0. The molecule has 8 aromatic rings. The van der Waals surface area contributed by atoms with Crippen molar-refractivity contribution in [2.24, 2.45) is 16.2 Å². The Hall–Kier alpha value is -5.31. The van der Waals surface area contributed by atoms with Crippen LogP contribution in [0.3, 0.4) is 0 Å². The predicted octanol–water partition coefficient (Wildman–Crippen LogP) is 16.2. The number of furan rings is 1. The number of benzene rings is 5. The number of pyridine rings is 2. The van der Waals surface area contributed by atoms with E-state index in [1.807, 2.05) is 19.9 Å². The van der Waals surface area contributed by atoms with Crippen molar-refractivity contribution in [1.82, 2.24) is 9.97 Å². The van der Waals surface area contributed by atoms with Crippen molar-refractivity contribution >= 4 is 21.9 Å². The molecule has 3 heterocycles. The second kappa shape index (κ2) is 16.4. The van der Waals surface area contributed by atoms with Gasteiger partial charge in [-0.1, -0.05) is 167 Å². The van der Waals surface area contributed by atoms with Crippen LogP contribution in [0.1, 0.15) is 117 Å². The fraction of sp³-hybridized carbons (Fsp3) is 0.310. The van der Waals surface area contributed by atoms with E-state index in [0.717, 1.165) is 40.1 Å². The monoisotopic (exact) mass is 1020 g/mol. The van der Waals surface area contributed by atoms with Crippen molar-refractivity contribution in [1.29, 1.82) is 0 Å². The van der Waals surface area contributed by atoms with Crippen molar-refractivity contribution in [3.8, 4) is 56.3 Å². The van der Waals surface area contributed by atoms with Gasteiger partial charge in [0.05, 0.1) is 5.58 Å². The van der Waals surface area contributed by atoms with Gasteiger partial charge in [-0.3, -0.25) is 0 Å². The van der Waals surface area contributed by atoms with Gasteiger partial charge in [-0.25, -0.2) is 0 Å². The van der Waals surface area contributed by atoms with E-state index in [-0.39, 0.29) is 82.3 Å². The largest absolute Gasteiger partial charge is 2.00 e. The van der Waals surface area contributed by atoms with Crippen molar-refractivity contribution in [2.75, 3.05) is 0 Å². The van der Waals surface area contributed by atoms with Crippen LogP contribution in [0, 0.1) is 69.6 Å². The maximum absolute atomic E-state index is 9.95. The molecule has 5 heteroatoms. The molecule has 0 unspecified atom stereocenters. The molecule has 0 bridgehead atoms. The van der Waals surface area contributed by atoms with Gasteiger partial charge in [-0.15, -0.1) is 11.6 Å². The van der Waals surface area contributed by atoms with E-state index >= 15 is 0 Å². The van der Waals surface area contributed by atoms with Crippen LogP contribution in [-0.4, -0.2) is 9.97 Å². The molecule has 0 amide bonds. The Bertz CT molecular complexity index is 3530. The standard InChI is InChI=1S/C58H58N2O2.Pt/c1-34-18-20-46-49-27-44(61-53-26-42(51-24-35(2)37(4)32-59-51)25-48(39(53)6)40-16-14-13-15-17-40)28-50(55(49)62-54(46)22-34)52-29-47(38(5)33-60-52)45-21-19-41(23-36(45)3)43-30-56(7,8)58(11,12)57(9,10)31-43;/h13-25,27,29,32-33,43H,30-31H2,1-12H3;/q-2;+2/i1D3,2D3,4D3,6D3,43D;. The first-order chi connectivity index (χ1) is 34.6. The maximum atomic E-state index is 9.95. The van der Waals surface area contributed by atoms with Gasteiger partial charge in [0.15, 0.2) is 0 Å². The number of ether oxygens (including phenoxy) is 1. The zero-order valence-electron chi connectivity index (χ0n) is 49.8. The summed E-state index contributed by atoms with van der Waals surface area (Å²) in [4.78, 5) is 9.28. The molecule has 0 aliphatic heterocycles. The van der Waals surface area contributed by atoms with E-state index < -0.39 is 44.4 Å². The summed E-state index contributed by atoms with van der Waals surface area (Å²) in [6.45, 7) is 6.82. The van der Waals surface area contributed by atoms with Crippen molar-refractivity contribution in [3.05, 3.63) is 154 Å². The first kappa shape index (κ1) is 30.7. The zero-order chi connectivity index (χ0) is 54.8. The number of hydrogen-bond acceptors (Lipinski definition) is 4. The summed E-state index contributed by atoms with van der Waals surface area (Å²) >= 11 is 0. The van der Waals surface area contributed by atoms with Gasteiger partial charge in [0, 0.05) is 47.1 Å². The number of rotatable bonds is 7. The van der Waals surface area contributed by atoms with E-state index in [1.54, 1.807) is 48.7 Å². The number of aromatic nitrogens is 2. The Morgan fingerprint density at radius 1 is 0.683 bits per heavy atom. The van der Waals surface area contributed by atoms with Crippen LogP contribution in [0.5, 0.6) is 11.5 Å². The zero-order valence-corrected chi connectivity index (χ0v) is 39.0. The molecule has 1 fully saturated rings. The summed E-state index contributed by atoms with van der Waals surface area (Å²) in [6.07, 6.45) is 4.15. The fourth-order valence-electron chi connectivity index (χ4n) is 9.19. The van der Waals surface area contributed by atoms with Gasteiger partial charge in [-0.05, 0) is 131 Å². The molecule has 1 aliphatic rings. The van der Waals surface area contributed by atoms with Gasteiger partial charge in [0.2, 0.25) is 0 Å². The van der Waals surface area contributed by atoms with Crippen LogP contribution in [-0.2, 0) is 21.1 Å². The Kier molecular flexibility index (Phi) is 7.97. The summed E-state index contributed by atoms with van der Waals surface area (Å²) in [7, 11) is 0. The molecular formula is C58H58N2O2Pt. The molecule has 0 radical (unpaired) electrons. The molecule has 4 nitrogen and oxygen atoms in total. The number of nitrogens with zero attached hydrogens (tertiary/aromatic N) is 2. The van der Waals surface area contributed by atoms with Crippen molar-refractivity contribution < 1.29 is 48.0 Å². The van der Waals surface area contributed by atoms with Crippen molar-refractivity contribution in [2.45, 2.75) is 102 Å². The van der Waals surface area contributed by atoms with Gasteiger partial charge in [-0.2, -0.15) is 0 Å². The minimum absolute atomic E-state index is 0.